The lowest BCUT2D eigenvalue weighted by atomic mass is 9.64. The van der Waals surface area contributed by atoms with Gasteiger partial charge < -0.3 is 9.32 Å². The van der Waals surface area contributed by atoms with E-state index < -0.39 is 13.5 Å². The molecule has 1 aromatic heterocycles. The molecule has 0 radical (unpaired) electrons. The summed E-state index contributed by atoms with van der Waals surface area (Å²) in [6.07, 6.45) is 0. The fraction of sp³-hybridized carbons (Fsp3) is 0.0182. The van der Waals surface area contributed by atoms with Gasteiger partial charge in [0, 0.05) is 22.5 Å². The number of hydrogen-bond donors (Lipinski definition) is 0. The average Bonchev–Trinajstić information content (AvgIpc) is 3.99. The third kappa shape index (κ3) is 3.49. The van der Waals surface area contributed by atoms with E-state index in [1.165, 1.54) is 87.8 Å². The molecule has 1 aliphatic carbocycles. The van der Waals surface area contributed by atoms with Crippen LogP contribution in [0.4, 0.5) is 17.1 Å². The minimum Gasteiger partial charge on any atom is -0.456 e. The first-order valence-corrected chi connectivity index (χ1v) is 22.3. The number of fused-ring (bicyclic) bond motifs is 22. The highest BCUT2D eigenvalue weighted by molar-refractivity contribution is 7.24. The largest absolute Gasteiger partial charge is 0.456 e. The first-order valence-electron chi connectivity index (χ1n) is 20.3. The fourth-order valence-corrected chi connectivity index (χ4v) is 17.5. The molecular formula is C55H33NOSi. The van der Waals surface area contributed by atoms with Gasteiger partial charge in [0.2, 0.25) is 0 Å². The Kier molecular flexibility index (Phi) is 5.76. The Morgan fingerprint density at radius 2 is 0.862 bits per heavy atom. The first-order chi connectivity index (χ1) is 28.8. The molecule has 3 aliphatic heterocycles. The van der Waals surface area contributed by atoms with Crippen LogP contribution in [0, 0.1) is 0 Å². The minimum atomic E-state index is -2.67. The highest BCUT2D eigenvalue weighted by atomic mass is 28.3. The number of nitrogens with zero attached hydrogens (tertiary/aromatic N) is 1. The SMILES string of the molecule is c1ccc2c(c1)-c1ccccc1C21c2ccccc2N(c2ccc3c(c2)[Si]2(c4ccccc4-c4ccccc42)c2ccccc2-3)c2cc3oc4ccccc4c3cc21. The van der Waals surface area contributed by atoms with Gasteiger partial charge in [-0.25, -0.2) is 0 Å². The maximum absolute atomic E-state index is 6.73. The van der Waals surface area contributed by atoms with Gasteiger partial charge in [0.1, 0.15) is 11.2 Å². The minimum absolute atomic E-state index is 0.533. The second kappa shape index (κ2) is 10.8. The Hall–Kier alpha value is -7.20. The molecule has 0 bridgehead atoms. The molecule has 268 valence electrons. The maximum Gasteiger partial charge on any atom is 0.182 e. The summed E-state index contributed by atoms with van der Waals surface area (Å²) < 4.78 is 6.73. The van der Waals surface area contributed by atoms with Gasteiger partial charge in [-0.15, -0.1) is 0 Å². The summed E-state index contributed by atoms with van der Waals surface area (Å²) in [7, 11) is -2.67. The van der Waals surface area contributed by atoms with Gasteiger partial charge in [0.05, 0.1) is 16.8 Å². The second-order valence-corrected chi connectivity index (χ2v) is 19.9. The van der Waals surface area contributed by atoms with Crippen molar-refractivity contribution < 1.29 is 4.42 Å². The van der Waals surface area contributed by atoms with Crippen molar-refractivity contribution in [3.05, 3.63) is 222 Å². The van der Waals surface area contributed by atoms with E-state index >= 15 is 0 Å². The van der Waals surface area contributed by atoms with E-state index in [-0.39, 0.29) is 0 Å². The summed E-state index contributed by atoms with van der Waals surface area (Å²) in [5.41, 5.74) is 18.1. The standard InChI is InChI=1S/C55H33NOSi/c1-7-21-43-35(15-1)36-16-2-8-22-44(36)55(43)45-23-9-10-24-47(45)56(48-33-50-42(32-46(48)55)37-17-3-11-25-49(37)57-50)34-29-30-41-40-20-6-14-28-53(40)58(54(41)31-34)51-26-12-4-18-38(51)39-19-5-13-27-52(39)58/h1-33H. The molecule has 4 heterocycles. The van der Waals surface area contributed by atoms with Gasteiger partial charge in [-0.2, -0.15) is 0 Å². The molecule has 2 spiro atoms. The highest BCUT2D eigenvalue weighted by Gasteiger charge is 2.55. The molecular weight excluding hydrogens is 719 g/mol. The molecule has 0 fully saturated rings. The summed E-state index contributed by atoms with van der Waals surface area (Å²) in [4.78, 5) is 2.55. The summed E-state index contributed by atoms with van der Waals surface area (Å²) in [5.74, 6) is 0. The van der Waals surface area contributed by atoms with Crippen LogP contribution in [0.15, 0.2) is 205 Å². The van der Waals surface area contributed by atoms with Gasteiger partial charge in [-0.3, -0.25) is 0 Å². The van der Waals surface area contributed by atoms with Crippen molar-refractivity contribution in [1.29, 1.82) is 0 Å². The van der Waals surface area contributed by atoms with E-state index in [1.54, 1.807) is 0 Å². The normalized spacial score (nSPS) is 15.1. The van der Waals surface area contributed by atoms with Crippen LogP contribution in [-0.4, -0.2) is 8.07 Å². The van der Waals surface area contributed by atoms with Crippen molar-refractivity contribution in [3.8, 4) is 33.4 Å². The summed E-state index contributed by atoms with van der Waals surface area (Å²) in [5, 5.41) is 8.21. The van der Waals surface area contributed by atoms with Crippen molar-refractivity contribution in [3.63, 3.8) is 0 Å². The van der Waals surface area contributed by atoms with Gasteiger partial charge in [0.25, 0.3) is 0 Å². The van der Waals surface area contributed by atoms with Crippen LogP contribution >= 0.6 is 0 Å². The van der Waals surface area contributed by atoms with Gasteiger partial charge in [-0.05, 0) is 107 Å². The number of para-hydroxylation sites is 2. The molecule has 4 aliphatic rings. The third-order valence-electron chi connectivity index (χ3n) is 13.9. The van der Waals surface area contributed by atoms with Crippen molar-refractivity contribution >= 4 is 67.8 Å². The second-order valence-electron chi connectivity index (χ2n) is 16.3. The fourth-order valence-electron chi connectivity index (χ4n) is 11.8. The number of hydrogen-bond acceptors (Lipinski definition) is 2. The van der Waals surface area contributed by atoms with Crippen LogP contribution in [0.1, 0.15) is 22.3 Å². The predicted octanol–water partition coefficient (Wildman–Crippen LogP) is 11.1. The van der Waals surface area contributed by atoms with Crippen LogP contribution in [0.5, 0.6) is 0 Å². The Labute approximate surface area is 336 Å². The van der Waals surface area contributed by atoms with E-state index in [0.29, 0.717) is 0 Å². The molecule has 0 amide bonds. The zero-order valence-corrected chi connectivity index (χ0v) is 32.4. The Bertz CT molecular complexity index is 3340. The zero-order chi connectivity index (χ0) is 37.7. The molecule has 9 aromatic carbocycles. The van der Waals surface area contributed by atoms with Gasteiger partial charge in [-0.1, -0.05) is 164 Å². The molecule has 0 atom stereocenters. The van der Waals surface area contributed by atoms with Crippen LogP contribution in [0.25, 0.3) is 55.3 Å². The Balaban J connectivity index is 1.11. The monoisotopic (exact) mass is 751 g/mol. The van der Waals surface area contributed by atoms with Crippen molar-refractivity contribution in [1.82, 2.24) is 0 Å². The van der Waals surface area contributed by atoms with E-state index in [9.17, 15) is 0 Å². The smallest absolute Gasteiger partial charge is 0.182 e. The maximum atomic E-state index is 6.73. The van der Waals surface area contributed by atoms with Crippen LogP contribution in [0.2, 0.25) is 0 Å². The molecule has 0 saturated carbocycles. The Morgan fingerprint density at radius 1 is 0.345 bits per heavy atom. The topological polar surface area (TPSA) is 16.4 Å². The molecule has 58 heavy (non-hydrogen) atoms. The zero-order valence-electron chi connectivity index (χ0n) is 31.4. The van der Waals surface area contributed by atoms with Crippen molar-refractivity contribution in [2.75, 3.05) is 4.90 Å². The number of benzene rings is 9. The molecule has 3 heteroatoms. The van der Waals surface area contributed by atoms with E-state index in [2.05, 4.69) is 205 Å². The molecule has 10 aromatic rings. The quantitative estimate of drug-likeness (QED) is 0.155. The highest BCUT2D eigenvalue weighted by Crippen LogP contribution is 2.64. The average molecular weight is 752 g/mol. The van der Waals surface area contributed by atoms with Gasteiger partial charge in [0.15, 0.2) is 8.07 Å². The van der Waals surface area contributed by atoms with Crippen LogP contribution in [-0.2, 0) is 5.41 Å². The predicted molar refractivity (Wildman–Crippen MR) is 241 cm³/mol. The number of furan rings is 1. The summed E-state index contributed by atoms with van der Waals surface area (Å²) >= 11 is 0. The molecule has 2 nitrogen and oxygen atoms in total. The summed E-state index contributed by atoms with van der Waals surface area (Å²) in [6, 6.07) is 75.6. The summed E-state index contributed by atoms with van der Waals surface area (Å²) in [6.45, 7) is 0. The first kappa shape index (κ1) is 30.9. The number of anilines is 3. The number of rotatable bonds is 1. The molecule has 0 saturated heterocycles. The van der Waals surface area contributed by atoms with Crippen LogP contribution in [0.3, 0.4) is 0 Å². The molecule has 0 unspecified atom stereocenters. The lowest BCUT2D eigenvalue weighted by Gasteiger charge is -2.45. The third-order valence-corrected chi connectivity index (χ3v) is 18.8. The van der Waals surface area contributed by atoms with Gasteiger partial charge >= 0.3 is 0 Å². The van der Waals surface area contributed by atoms with Crippen molar-refractivity contribution in [2.24, 2.45) is 0 Å². The lowest BCUT2D eigenvalue weighted by Crippen LogP contribution is -2.70. The molecule has 14 rings (SSSR count). The van der Waals surface area contributed by atoms with Crippen LogP contribution < -0.4 is 25.6 Å². The van der Waals surface area contributed by atoms with E-state index in [1.807, 2.05) is 0 Å². The Morgan fingerprint density at radius 3 is 1.52 bits per heavy atom. The van der Waals surface area contributed by atoms with E-state index in [0.717, 1.165) is 27.6 Å². The van der Waals surface area contributed by atoms with Crippen molar-refractivity contribution in [2.45, 2.75) is 5.41 Å². The van der Waals surface area contributed by atoms with E-state index in [4.69, 9.17) is 4.42 Å². The lowest BCUT2D eigenvalue weighted by molar-refractivity contribution is 0.667. The molecule has 0 N–H and O–H groups in total.